The van der Waals surface area contributed by atoms with Crippen molar-refractivity contribution in [2.24, 2.45) is 5.73 Å². The summed E-state index contributed by atoms with van der Waals surface area (Å²) in [5.41, 5.74) is 6.68. The zero-order valence-corrected chi connectivity index (χ0v) is 10.9. The van der Waals surface area contributed by atoms with Crippen LogP contribution in [-0.2, 0) is 11.3 Å². The van der Waals surface area contributed by atoms with Gasteiger partial charge in [-0.15, -0.1) is 0 Å². The van der Waals surface area contributed by atoms with E-state index in [-0.39, 0.29) is 11.2 Å². The highest BCUT2D eigenvalue weighted by atomic mass is 16.6. The van der Waals surface area contributed by atoms with Crippen molar-refractivity contribution in [3.05, 3.63) is 39.9 Å². The maximum atomic E-state index is 10.6. The van der Waals surface area contributed by atoms with Crippen LogP contribution in [0.25, 0.3) is 0 Å². The van der Waals surface area contributed by atoms with Crippen molar-refractivity contribution in [1.82, 2.24) is 0 Å². The Hall–Kier alpha value is -1.46. The molecule has 100 valence electrons. The molecule has 0 aliphatic heterocycles. The first-order valence-corrected chi connectivity index (χ1v) is 6.10. The van der Waals surface area contributed by atoms with Gasteiger partial charge in [0.05, 0.1) is 18.1 Å². The number of nitrogens with two attached hydrogens (primary N) is 1. The van der Waals surface area contributed by atoms with Crippen LogP contribution in [0.4, 0.5) is 5.69 Å². The molecule has 5 nitrogen and oxygen atoms in total. The molecule has 1 aromatic carbocycles. The Kier molecular flexibility index (Phi) is 5.25. The largest absolute Gasteiger partial charge is 0.375 e. The van der Waals surface area contributed by atoms with Gasteiger partial charge >= 0.3 is 0 Å². The van der Waals surface area contributed by atoms with Crippen LogP contribution in [0.3, 0.4) is 0 Å². The van der Waals surface area contributed by atoms with Gasteiger partial charge in [-0.1, -0.05) is 26.0 Å². The predicted molar refractivity (Wildman–Crippen MR) is 70.3 cm³/mol. The molecule has 18 heavy (non-hydrogen) atoms. The molecule has 5 heteroatoms. The molecule has 0 amide bonds. The van der Waals surface area contributed by atoms with Crippen LogP contribution in [0.5, 0.6) is 0 Å². The predicted octanol–water partition coefficient (Wildman–Crippen LogP) is 2.63. The van der Waals surface area contributed by atoms with E-state index in [1.807, 2.05) is 19.9 Å². The SMILES string of the molecule is CCC(N)(CC)COCc1cccc([N+](=O)[O-])c1. The molecule has 0 fully saturated rings. The fraction of sp³-hybridized carbons (Fsp3) is 0.538. The molecule has 0 aliphatic rings. The van der Waals surface area contributed by atoms with Crippen molar-refractivity contribution in [3.63, 3.8) is 0 Å². The number of benzene rings is 1. The summed E-state index contributed by atoms with van der Waals surface area (Å²) in [4.78, 5) is 10.2. The first-order chi connectivity index (χ1) is 8.50. The van der Waals surface area contributed by atoms with E-state index in [4.69, 9.17) is 10.5 Å². The second-order valence-corrected chi connectivity index (χ2v) is 4.49. The van der Waals surface area contributed by atoms with Crippen LogP contribution in [0, 0.1) is 10.1 Å². The maximum absolute atomic E-state index is 10.6. The Balaban J connectivity index is 2.54. The third-order valence-corrected chi connectivity index (χ3v) is 3.19. The number of rotatable bonds is 7. The number of nitro benzene ring substituents is 1. The van der Waals surface area contributed by atoms with Crippen LogP contribution in [-0.4, -0.2) is 17.1 Å². The minimum absolute atomic E-state index is 0.0843. The number of nitrogens with zero attached hydrogens (tertiary/aromatic N) is 1. The Morgan fingerprint density at radius 2 is 2.06 bits per heavy atom. The highest BCUT2D eigenvalue weighted by Crippen LogP contribution is 2.16. The quantitative estimate of drug-likeness (QED) is 0.597. The van der Waals surface area contributed by atoms with Gasteiger partial charge in [-0.05, 0) is 18.4 Å². The molecule has 0 bridgehead atoms. The molecule has 0 atom stereocenters. The monoisotopic (exact) mass is 252 g/mol. The third-order valence-electron chi connectivity index (χ3n) is 3.19. The van der Waals surface area contributed by atoms with Gasteiger partial charge in [0.2, 0.25) is 0 Å². The molecule has 0 aliphatic carbocycles. The van der Waals surface area contributed by atoms with Gasteiger partial charge in [-0.25, -0.2) is 0 Å². The van der Waals surface area contributed by atoms with Gasteiger partial charge in [0.15, 0.2) is 0 Å². The fourth-order valence-corrected chi connectivity index (χ4v) is 1.59. The fourth-order valence-electron chi connectivity index (χ4n) is 1.59. The summed E-state index contributed by atoms with van der Waals surface area (Å²) in [5, 5.41) is 10.6. The average molecular weight is 252 g/mol. The molecule has 0 aromatic heterocycles. The smallest absolute Gasteiger partial charge is 0.269 e. The van der Waals surface area contributed by atoms with E-state index >= 15 is 0 Å². The molecule has 1 rings (SSSR count). The molecule has 0 unspecified atom stereocenters. The highest BCUT2D eigenvalue weighted by molar-refractivity contribution is 5.33. The zero-order chi connectivity index (χ0) is 13.6. The van der Waals surface area contributed by atoms with Crippen molar-refractivity contribution in [3.8, 4) is 0 Å². The average Bonchev–Trinajstić information content (AvgIpc) is 2.39. The van der Waals surface area contributed by atoms with E-state index in [0.717, 1.165) is 18.4 Å². The number of nitro groups is 1. The third kappa shape index (κ3) is 4.09. The molecule has 0 saturated carbocycles. The molecule has 0 spiro atoms. The minimum Gasteiger partial charge on any atom is -0.375 e. The lowest BCUT2D eigenvalue weighted by Gasteiger charge is -2.26. The Morgan fingerprint density at radius 3 is 2.61 bits per heavy atom. The van der Waals surface area contributed by atoms with E-state index in [0.29, 0.717) is 13.2 Å². The van der Waals surface area contributed by atoms with E-state index in [9.17, 15) is 10.1 Å². The Bertz CT molecular complexity index is 403. The van der Waals surface area contributed by atoms with Crippen LogP contribution in [0.15, 0.2) is 24.3 Å². The molecule has 2 N–H and O–H groups in total. The second kappa shape index (κ2) is 6.47. The summed E-state index contributed by atoms with van der Waals surface area (Å²) in [5.74, 6) is 0. The summed E-state index contributed by atoms with van der Waals surface area (Å²) < 4.78 is 5.55. The van der Waals surface area contributed by atoms with Crippen LogP contribution in [0.1, 0.15) is 32.3 Å². The van der Waals surface area contributed by atoms with E-state index in [1.54, 1.807) is 6.07 Å². The summed E-state index contributed by atoms with van der Waals surface area (Å²) in [6.45, 7) is 4.86. The molecular weight excluding hydrogens is 232 g/mol. The minimum atomic E-state index is -0.408. The highest BCUT2D eigenvalue weighted by Gasteiger charge is 2.20. The molecule has 1 aromatic rings. The van der Waals surface area contributed by atoms with Crippen LogP contribution >= 0.6 is 0 Å². The number of non-ortho nitro benzene ring substituents is 1. The van der Waals surface area contributed by atoms with E-state index < -0.39 is 4.92 Å². The van der Waals surface area contributed by atoms with Crippen LogP contribution < -0.4 is 5.73 Å². The second-order valence-electron chi connectivity index (χ2n) is 4.49. The summed E-state index contributed by atoms with van der Waals surface area (Å²) in [6.07, 6.45) is 1.69. The first kappa shape index (κ1) is 14.6. The van der Waals surface area contributed by atoms with Gasteiger partial charge in [0.25, 0.3) is 5.69 Å². The standard InChI is InChI=1S/C13H20N2O3/c1-3-13(14,4-2)10-18-9-11-6-5-7-12(8-11)15(16)17/h5-8H,3-4,9-10,14H2,1-2H3. The lowest BCUT2D eigenvalue weighted by atomic mass is 9.96. The van der Waals surface area contributed by atoms with Crippen molar-refractivity contribution < 1.29 is 9.66 Å². The Morgan fingerprint density at radius 1 is 1.39 bits per heavy atom. The summed E-state index contributed by atoms with van der Waals surface area (Å²) in [7, 11) is 0. The maximum Gasteiger partial charge on any atom is 0.269 e. The summed E-state index contributed by atoms with van der Waals surface area (Å²) in [6, 6.07) is 6.46. The number of hydrogen-bond donors (Lipinski definition) is 1. The lowest BCUT2D eigenvalue weighted by Crippen LogP contribution is -2.43. The van der Waals surface area contributed by atoms with Crippen molar-refractivity contribution in [1.29, 1.82) is 0 Å². The lowest BCUT2D eigenvalue weighted by molar-refractivity contribution is -0.384. The topological polar surface area (TPSA) is 78.4 Å². The number of ether oxygens (including phenoxy) is 1. The van der Waals surface area contributed by atoms with Gasteiger partial charge in [-0.2, -0.15) is 0 Å². The van der Waals surface area contributed by atoms with E-state index in [1.165, 1.54) is 12.1 Å². The van der Waals surface area contributed by atoms with Gasteiger partial charge in [0, 0.05) is 17.7 Å². The zero-order valence-electron chi connectivity index (χ0n) is 10.9. The molecule has 0 heterocycles. The molecule has 0 radical (unpaired) electrons. The van der Waals surface area contributed by atoms with Crippen molar-refractivity contribution in [2.45, 2.75) is 38.8 Å². The van der Waals surface area contributed by atoms with Crippen molar-refractivity contribution in [2.75, 3.05) is 6.61 Å². The van der Waals surface area contributed by atoms with E-state index in [2.05, 4.69) is 0 Å². The molecule has 0 saturated heterocycles. The van der Waals surface area contributed by atoms with Gasteiger partial charge in [-0.3, -0.25) is 10.1 Å². The Labute approximate surface area is 107 Å². The number of hydrogen-bond acceptors (Lipinski definition) is 4. The van der Waals surface area contributed by atoms with Crippen molar-refractivity contribution >= 4 is 5.69 Å². The van der Waals surface area contributed by atoms with Crippen LogP contribution in [0.2, 0.25) is 0 Å². The van der Waals surface area contributed by atoms with Gasteiger partial charge < -0.3 is 10.5 Å². The van der Waals surface area contributed by atoms with Gasteiger partial charge in [0.1, 0.15) is 0 Å². The normalized spacial score (nSPS) is 11.5. The first-order valence-electron chi connectivity index (χ1n) is 6.10. The molecular formula is C13H20N2O3. The summed E-state index contributed by atoms with van der Waals surface area (Å²) >= 11 is 0.